The molecule has 2 aromatic rings. The normalized spacial score (nSPS) is 13.0. The SMILES string of the molecule is Cc1ccc(Nc2cc(C(F)(F)F)nc(N[C@H](CO)C(C)C)n2)cc1Cl. The molecule has 5 nitrogen and oxygen atoms in total. The minimum absolute atomic E-state index is 0.0227. The molecule has 0 unspecified atom stereocenters. The molecule has 0 spiro atoms. The Morgan fingerprint density at radius 3 is 2.42 bits per heavy atom. The van der Waals surface area contributed by atoms with Crippen LogP contribution in [0.15, 0.2) is 24.3 Å². The van der Waals surface area contributed by atoms with Crippen LogP contribution in [0.4, 0.5) is 30.6 Å². The van der Waals surface area contributed by atoms with Crippen molar-refractivity contribution in [1.82, 2.24) is 9.97 Å². The number of aromatic nitrogens is 2. The summed E-state index contributed by atoms with van der Waals surface area (Å²) in [6.45, 7) is 5.22. The molecular formula is C17H20ClF3N4O. The van der Waals surface area contributed by atoms with Crippen LogP contribution in [0.2, 0.25) is 5.02 Å². The molecule has 9 heteroatoms. The van der Waals surface area contributed by atoms with E-state index < -0.39 is 17.9 Å². The molecule has 26 heavy (non-hydrogen) atoms. The van der Waals surface area contributed by atoms with Gasteiger partial charge in [0.1, 0.15) is 5.82 Å². The number of anilines is 3. The molecule has 1 atom stereocenters. The first-order valence-corrected chi connectivity index (χ1v) is 8.34. The molecule has 0 radical (unpaired) electrons. The highest BCUT2D eigenvalue weighted by Crippen LogP contribution is 2.31. The molecule has 0 amide bonds. The van der Waals surface area contributed by atoms with E-state index >= 15 is 0 Å². The number of aliphatic hydroxyl groups is 1. The Hall–Kier alpha value is -2.06. The van der Waals surface area contributed by atoms with Gasteiger partial charge in [-0.3, -0.25) is 0 Å². The van der Waals surface area contributed by atoms with Crippen molar-refractivity contribution in [3.63, 3.8) is 0 Å². The summed E-state index contributed by atoms with van der Waals surface area (Å²) in [6.07, 6.45) is -4.63. The third kappa shape index (κ3) is 5.22. The Morgan fingerprint density at radius 1 is 1.19 bits per heavy atom. The third-order valence-electron chi connectivity index (χ3n) is 3.78. The largest absolute Gasteiger partial charge is 0.433 e. The highest BCUT2D eigenvalue weighted by atomic mass is 35.5. The molecule has 142 valence electrons. The molecule has 3 N–H and O–H groups in total. The molecule has 1 heterocycles. The maximum atomic E-state index is 13.2. The lowest BCUT2D eigenvalue weighted by atomic mass is 10.1. The zero-order valence-corrected chi connectivity index (χ0v) is 15.3. The smallest absolute Gasteiger partial charge is 0.394 e. The first kappa shape index (κ1) is 20.3. The predicted octanol–water partition coefficient (Wildman–Crippen LogP) is 4.63. The number of aliphatic hydroxyl groups excluding tert-OH is 1. The van der Waals surface area contributed by atoms with Gasteiger partial charge < -0.3 is 15.7 Å². The summed E-state index contributed by atoms with van der Waals surface area (Å²) in [4.78, 5) is 7.60. The summed E-state index contributed by atoms with van der Waals surface area (Å²) >= 11 is 6.04. The second kappa shape index (κ2) is 8.09. The van der Waals surface area contributed by atoms with Gasteiger partial charge in [-0.1, -0.05) is 31.5 Å². The summed E-state index contributed by atoms with van der Waals surface area (Å²) in [6, 6.07) is 5.39. The van der Waals surface area contributed by atoms with Gasteiger partial charge in [0.05, 0.1) is 12.6 Å². The van der Waals surface area contributed by atoms with Crippen LogP contribution in [-0.4, -0.2) is 27.7 Å². The average molecular weight is 389 g/mol. The van der Waals surface area contributed by atoms with Crippen LogP contribution in [-0.2, 0) is 6.18 Å². The number of hydrogen-bond acceptors (Lipinski definition) is 5. The minimum atomic E-state index is -4.63. The molecule has 0 saturated carbocycles. The quantitative estimate of drug-likeness (QED) is 0.673. The highest BCUT2D eigenvalue weighted by Gasteiger charge is 2.34. The van der Waals surface area contributed by atoms with Gasteiger partial charge in [-0.2, -0.15) is 18.2 Å². The molecule has 1 aromatic carbocycles. The van der Waals surface area contributed by atoms with Gasteiger partial charge in [0.25, 0.3) is 0 Å². The summed E-state index contributed by atoms with van der Waals surface area (Å²) in [7, 11) is 0. The van der Waals surface area contributed by atoms with Crippen molar-refractivity contribution in [1.29, 1.82) is 0 Å². The molecular weight excluding hydrogens is 369 g/mol. The number of nitrogens with one attached hydrogen (secondary N) is 2. The monoisotopic (exact) mass is 388 g/mol. The van der Waals surface area contributed by atoms with Gasteiger partial charge in [-0.05, 0) is 30.5 Å². The minimum Gasteiger partial charge on any atom is -0.394 e. The fourth-order valence-corrected chi connectivity index (χ4v) is 2.31. The predicted molar refractivity (Wildman–Crippen MR) is 95.8 cm³/mol. The van der Waals surface area contributed by atoms with Crippen LogP contribution in [0.5, 0.6) is 0 Å². The first-order chi connectivity index (χ1) is 12.1. The Morgan fingerprint density at radius 2 is 1.88 bits per heavy atom. The van der Waals surface area contributed by atoms with E-state index in [1.807, 2.05) is 20.8 Å². The van der Waals surface area contributed by atoms with Crippen molar-refractivity contribution in [2.24, 2.45) is 5.92 Å². The van der Waals surface area contributed by atoms with E-state index in [1.54, 1.807) is 18.2 Å². The van der Waals surface area contributed by atoms with E-state index in [0.29, 0.717) is 10.7 Å². The third-order valence-corrected chi connectivity index (χ3v) is 4.18. The topological polar surface area (TPSA) is 70.1 Å². The summed E-state index contributed by atoms with van der Waals surface area (Å²) < 4.78 is 39.5. The van der Waals surface area contributed by atoms with Crippen molar-refractivity contribution < 1.29 is 18.3 Å². The number of hydrogen-bond donors (Lipinski definition) is 3. The van der Waals surface area contributed by atoms with Crippen LogP contribution in [0.25, 0.3) is 0 Å². The van der Waals surface area contributed by atoms with Crippen LogP contribution in [0.1, 0.15) is 25.1 Å². The van der Waals surface area contributed by atoms with Gasteiger partial charge in [-0.15, -0.1) is 0 Å². The van der Waals surface area contributed by atoms with Gasteiger partial charge in [0.15, 0.2) is 5.69 Å². The van der Waals surface area contributed by atoms with E-state index in [2.05, 4.69) is 20.6 Å². The standard InChI is InChI=1S/C17H20ClF3N4O/c1-9(2)13(8-26)23-16-24-14(17(19,20)21)7-15(25-16)22-11-5-4-10(3)12(18)6-11/h4-7,9,13,26H,8H2,1-3H3,(H2,22,23,24,25)/t13-/m1/s1. The molecule has 0 bridgehead atoms. The van der Waals surface area contributed by atoms with Crippen molar-refractivity contribution in [3.05, 3.63) is 40.5 Å². The Labute approximate surface area is 154 Å². The number of alkyl halides is 3. The molecule has 1 aromatic heterocycles. The van der Waals surface area contributed by atoms with Gasteiger partial charge in [0.2, 0.25) is 5.95 Å². The van der Waals surface area contributed by atoms with Gasteiger partial charge in [0, 0.05) is 16.8 Å². The number of aryl methyl sites for hydroxylation is 1. The van der Waals surface area contributed by atoms with Crippen LogP contribution in [0, 0.1) is 12.8 Å². The Kier molecular flexibility index (Phi) is 6.30. The Balaban J connectivity index is 2.38. The van der Waals surface area contributed by atoms with Gasteiger partial charge >= 0.3 is 6.18 Å². The van der Waals surface area contributed by atoms with Crippen molar-refractivity contribution >= 4 is 29.1 Å². The zero-order chi connectivity index (χ0) is 19.5. The van der Waals surface area contributed by atoms with Crippen LogP contribution >= 0.6 is 11.6 Å². The molecule has 2 rings (SSSR count). The van der Waals surface area contributed by atoms with E-state index in [9.17, 15) is 18.3 Å². The second-order valence-corrected chi connectivity index (χ2v) is 6.63. The zero-order valence-electron chi connectivity index (χ0n) is 14.5. The first-order valence-electron chi connectivity index (χ1n) is 7.97. The van der Waals surface area contributed by atoms with Crippen molar-refractivity contribution in [2.45, 2.75) is 33.0 Å². The highest BCUT2D eigenvalue weighted by molar-refractivity contribution is 6.31. The van der Waals surface area contributed by atoms with E-state index in [1.165, 1.54) is 0 Å². The number of benzene rings is 1. The fraction of sp³-hybridized carbons (Fsp3) is 0.412. The van der Waals surface area contributed by atoms with Crippen LogP contribution in [0.3, 0.4) is 0 Å². The van der Waals surface area contributed by atoms with E-state index in [0.717, 1.165) is 11.6 Å². The maximum absolute atomic E-state index is 13.2. The molecule has 0 fully saturated rings. The molecule has 0 saturated heterocycles. The second-order valence-electron chi connectivity index (χ2n) is 6.23. The van der Waals surface area contributed by atoms with E-state index in [4.69, 9.17) is 11.6 Å². The number of nitrogens with zero attached hydrogens (tertiary/aromatic N) is 2. The Bertz CT molecular complexity index is 768. The molecule has 0 aliphatic carbocycles. The van der Waals surface area contributed by atoms with Gasteiger partial charge in [-0.25, -0.2) is 4.98 Å². The van der Waals surface area contributed by atoms with Crippen molar-refractivity contribution in [2.75, 3.05) is 17.2 Å². The average Bonchev–Trinajstić information content (AvgIpc) is 2.55. The van der Waals surface area contributed by atoms with E-state index in [-0.39, 0.29) is 24.3 Å². The lowest BCUT2D eigenvalue weighted by Crippen LogP contribution is -2.30. The summed E-state index contributed by atoms with van der Waals surface area (Å²) in [5, 5.41) is 15.4. The lowest BCUT2D eigenvalue weighted by Gasteiger charge is -2.21. The summed E-state index contributed by atoms with van der Waals surface area (Å²) in [5.41, 5.74) is 0.262. The molecule has 0 aliphatic rings. The maximum Gasteiger partial charge on any atom is 0.433 e. The number of halogens is 4. The lowest BCUT2D eigenvalue weighted by molar-refractivity contribution is -0.141. The van der Waals surface area contributed by atoms with Crippen LogP contribution < -0.4 is 10.6 Å². The fourth-order valence-electron chi connectivity index (χ4n) is 2.13. The van der Waals surface area contributed by atoms with Crippen molar-refractivity contribution in [3.8, 4) is 0 Å². The molecule has 0 aliphatic heterocycles. The number of rotatable bonds is 6. The summed E-state index contributed by atoms with van der Waals surface area (Å²) in [5.74, 6) is -0.270.